The molecule has 2 heterocycles. The first-order valence-corrected chi connectivity index (χ1v) is 7.19. The molecule has 0 bridgehead atoms. The highest BCUT2D eigenvalue weighted by molar-refractivity contribution is 7.12. The molecule has 0 amide bonds. The molecule has 2 unspecified atom stereocenters. The Bertz CT molecular complexity index is 549. The quantitative estimate of drug-likeness (QED) is 0.889. The van der Waals surface area contributed by atoms with Crippen LogP contribution in [-0.2, 0) is 6.42 Å². The average Bonchev–Trinajstić information content (AvgIpc) is 2.87. The number of rotatable bonds is 2. The number of hydrogen-bond acceptors (Lipinski definition) is 3. The first-order valence-electron chi connectivity index (χ1n) is 6.37. The number of ether oxygens (including phenoxy) is 1. The summed E-state index contributed by atoms with van der Waals surface area (Å²) in [5, 5.41) is 0. The van der Waals surface area contributed by atoms with E-state index in [1.807, 2.05) is 29.5 Å². The smallest absolute Gasteiger partial charge is 0.135 e. The molecule has 3 heteroatoms. The van der Waals surface area contributed by atoms with Crippen molar-refractivity contribution in [1.29, 1.82) is 0 Å². The van der Waals surface area contributed by atoms with Gasteiger partial charge in [-0.3, -0.25) is 0 Å². The molecule has 1 aromatic carbocycles. The summed E-state index contributed by atoms with van der Waals surface area (Å²) in [6.45, 7) is 2.18. The zero-order valence-corrected chi connectivity index (χ0v) is 11.2. The second kappa shape index (κ2) is 4.75. The number of hydrogen-bond donors (Lipinski definition) is 1. The van der Waals surface area contributed by atoms with Crippen LogP contribution in [0.2, 0.25) is 0 Å². The topological polar surface area (TPSA) is 35.2 Å². The monoisotopic (exact) mass is 259 g/mol. The Morgan fingerprint density at radius 3 is 2.89 bits per heavy atom. The fourth-order valence-electron chi connectivity index (χ4n) is 2.38. The lowest BCUT2D eigenvalue weighted by Crippen LogP contribution is -2.23. The van der Waals surface area contributed by atoms with E-state index in [9.17, 15) is 0 Å². The summed E-state index contributed by atoms with van der Waals surface area (Å²) in [5.41, 5.74) is 7.36. The summed E-state index contributed by atoms with van der Waals surface area (Å²) < 4.78 is 6.08. The third kappa shape index (κ3) is 2.04. The SMILES string of the molecule is CCc1ccc(C2CC(N)c3ccccc3O2)s1. The molecule has 0 saturated carbocycles. The van der Waals surface area contributed by atoms with Crippen molar-refractivity contribution in [3.63, 3.8) is 0 Å². The van der Waals surface area contributed by atoms with Gasteiger partial charge in [-0.1, -0.05) is 25.1 Å². The summed E-state index contributed by atoms with van der Waals surface area (Å²) in [7, 11) is 0. The third-order valence-electron chi connectivity index (χ3n) is 3.40. The number of para-hydroxylation sites is 1. The van der Waals surface area contributed by atoms with Gasteiger partial charge in [0.1, 0.15) is 11.9 Å². The van der Waals surface area contributed by atoms with E-state index in [2.05, 4.69) is 25.1 Å². The summed E-state index contributed by atoms with van der Waals surface area (Å²) in [4.78, 5) is 2.69. The standard InChI is InChI=1S/C15H17NOS/c1-2-10-7-8-15(18-10)14-9-12(16)11-5-3-4-6-13(11)17-14/h3-8,12,14H,2,9,16H2,1H3. The number of aryl methyl sites for hydroxylation is 1. The van der Waals surface area contributed by atoms with Gasteiger partial charge in [-0.2, -0.15) is 0 Å². The number of nitrogens with two attached hydrogens (primary N) is 1. The molecule has 0 radical (unpaired) electrons. The molecular formula is C15H17NOS. The Labute approximate surface area is 111 Å². The van der Waals surface area contributed by atoms with Crippen LogP contribution >= 0.6 is 11.3 Å². The van der Waals surface area contributed by atoms with Crippen LogP contribution in [0, 0.1) is 0 Å². The molecule has 2 nitrogen and oxygen atoms in total. The molecule has 18 heavy (non-hydrogen) atoms. The maximum absolute atomic E-state index is 6.24. The Morgan fingerprint density at radius 1 is 1.28 bits per heavy atom. The van der Waals surface area contributed by atoms with Crippen molar-refractivity contribution in [1.82, 2.24) is 0 Å². The van der Waals surface area contributed by atoms with Crippen molar-refractivity contribution in [2.45, 2.75) is 31.9 Å². The molecule has 0 fully saturated rings. The van der Waals surface area contributed by atoms with Gasteiger partial charge in [-0.25, -0.2) is 0 Å². The highest BCUT2D eigenvalue weighted by Crippen LogP contribution is 2.41. The molecule has 94 valence electrons. The van der Waals surface area contributed by atoms with Crippen LogP contribution in [0.15, 0.2) is 36.4 Å². The Hall–Kier alpha value is -1.32. The van der Waals surface area contributed by atoms with Gasteiger partial charge in [0, 0.05) is 27.8 Å². The molecule has 2 atom stereocenters. The van der Waals surface area contributed by atoms with Crippen LogP contribution in [0.5, 0.6) is 5.75 Å². The van der Waals surface area contributed by atoms with Gasteiger partial charge in [0.15, 0.2) is 0 Å². The van der Waals surface area contributed by atoms with E-state index in [0.717, 1.165) is 24.2 Å². The molecule has 0 spiro atoms. The van der Waals surface area contributed by atoms with Crippen molar-refractivity contribution in [3.8, 4) is 5.75 Å². The minimum atomic E-state index is 0.0760. The van der Waals surface area contributed by atoms with Crippen LogP contribution in [0.4, 0.5) is 0 Å². The van der Waals surface area contributed by atoms with Crippen LogP contribution in [0.1, 0.15) is 40.8 Å². The summed E-state index contributed by atoms with van der Waals surface area (Å²) in [6, 6.07) is 12.5. The molecule has 1 aliphatic heterocycles. The van der Waals surface area contributed by atoms with Crippen molar-refractivity contribution < 1.29 is 4.74 Å². The fraction of sp³-hybridized carbons (Fsp3) is 0.333. The Balaban J connectivity index is 1.89. The zero-order valence-electron chi connectivity index (χ0n) is 10.4. The third-order valence-corrected chi connectivity index (χ3v) is 4.73. The lowest BCUT2D eigenvalue weighted by atomic mass is 9.97. The molecule has 3 rings (SSSR count). The van der Waals surface area contributed by atoms with Crippen LogP contribution in [0.3, 0.4) is 0 Å². The largest absolute Gasteiger partial charge is 0.484 e. The van der Waals surface area contributed by atoms with E-state index >= 15 is 0 Å². The molecule has 1 aliphatic rings. The summed E-state index contributed by atoms with van der Waals surface area (Å²) >= 11 is 1.84. The van der Waals surface area contributed by atoms with Gasteiger partial charge in [0.25, 0.3) is 0 Å². The first-order chi connectivity index (χ1) is 8.78. The van der Waals surface area contributed by atoms with Gasteiger partial charge >= 0.3 is 0 Å². The Kier molecular flexibility index (Phi) is 3.10. The van der Waals surface area contributed by atoms with Crippen molar-refractivity contribution in [2.75, 3.05) is 0 Å². The van der Waals surface area contributed by atoms with E-state index in [-0.39, 0.29) is 12.1 Å². The fourth-order valence-corrected chi connectivity index (χ4v) is 3.38. The van der Waals surface area contributed by atoms with Gasteiger partial charge in [0.2, 0.25) is 0 Å². The van der Waals surface area contributed by atoms with Gasteiger partial charge in [-0.15, -0.1) is 11.3 Å². The maximum atomic E-state index is 6.24. The van der Waals surface area contributed by atoms with E-state index in [1.165, 1.54) is 9.75 Å². The van der Waals surface area contributed by atoms with Gasteiger partial charge in [0.05, 0.1) is 0 Å². The molecule has 0 aliphatic carbocycles. The molecule has 2 aromatic rings. The molecule has 2 N–H and O–H groups in total. The molecule has 0 saturated heterocycles. The van der Waals surface area contributed by atoms with Crippen molar-refractivity contribution in [3.05, 3.63) is 51.7 Å². The van der Waals surface area contributed by atoms with E-state index < -0.39 is 0 Å². The first kappa shape index (κ1) is 11.8. The van der Waals surface area contributed by atoms with Crippen molar-refractivity contribution >= 4 is 11.3 Å². The lowest BCUT2D eigenvalue weighted by molar-refractivity contribution is 0.165. The lowest BCUT2D eigenvalue weighted by Gasteiger charge is -2.29. The number of benzene rings is 1. The second-order valence-electron chi connectivity index (χ2n) is 4.64. The zero-order chi connectivity index (χ0) is 12.5. The normalized spacial score (nSPS) is 22.3. The highest BCUT2D eigenvalue weighted by atomic mass is 32.1. The molecular weight excluding hydrogens is 242 g/mol. The van der Waals surface area contributed by atoms with Crippen LogP contribution in [0.25, 0.3) is 0 Å². The minimum Gasteiger partial charge on any atom is -0.484 e. The Morgan fingerprint density at radius 2 is 2.11 bits per heavy atom. The van der Waals surface area contributed by atoms with Crippen LogP contribution < -0.4 is 10.5 Å². The summed E-state index contributed by atoms with van der Waals surface area (Å²) in [5.74, 6) is 0.938. The molecule has 1 aromatic heterocycles. The van der Waals surface area contributed by atoms with Gasteiger partial charge in [-0.05, 0) is 24.6 Å². The number of fused-ring (bicyclic) bond motifs is 1. The van der Waals surface area contributed by atoms with E-state index in [4.69, 9.17) is 10.5 Å². The van der Waals surface area contributed by atoms with Crippen LogP contribution in [-0.4, -0.2) is 0 Å². The number of thiophene rings is 1. The summed E-state index contributed by atoms with van der Waals surface area (Å²) in [6.07, 6.45) is 2.06. The maximum Gasteiger partial charge on any atom is 0.135 e. The highest BCUT2D eigenvalue weighted by Gasteiger charge is 2.27. The van der Waals surface area contributed by atoms with E-state index in [0.29, 0.717) is 0 Å². The van der Waals surface area contributed by atoms with E-state index in [1.54, 1.807) is 0 Å². The predicted molar refractivity (Wildman–Crippen MR) is 75.1 cm³/mol. The second-order valence-corrected chi connectivity index (χ2v) is 5.84. The van der Waals surface area contributed by atoms with Crippen molar-refractivity contribution in [2.24, 2.45) is 5.73 Å². The predicted octanol–water partition coefficient (Wildman–Crippen LogP) is 3.83. The average molecular weight is 259 g/mol. The minimum absolute atomic E-state index is 0.0760. The van der Waals surface area contributed by atoms with Gasteiger partial charge < -0.3 is 10.5 Å².